The molecule has 0 spiro atoms. The SMILES string of the molecule is CN=C(NCc1ccccc1OC)N1CCN(c2cnn(C)c2)C(=O)C1. The molecule has 0 atom stereocenters. The topological polar surface area (TPSA) is 75.0 Å². The molecule has 1 saturated heterocycles. The molecule has 8 heteroatoms. The number of aromatic nitrogens is 2. The minimum absolute atomic E-state index is 0.0319. The molecule has 0 aliphatic carbocycles. The van der Waals surface area contributed by atoms with Crippen molar-refractivity contribution < 1.29 is 9.53 Å². The predicted octanol–water partition coefficient (Wildman–Crippen LogP) is 0.853. The van der Waals surface area contributed by atoms with Crippen molar-refractivity contribution in [3.63, 3.8) is 0 Å². The van der Waals surface area contributed by atoms with Gasteiger partial charge in [-0.05, 0) is 6.07 Å². The van der Waals surface area contributed by atoms with E-state index in [1.54, 1.807) is 29.9 Å². The Morgan fingerprint density at radius 3 is 2.81 bits per heavy atom. The largest absolute Gasteiger partial charge is 0.496 e. The highest BCUT2D eigenvalue weighted by molar-refractivity contribution is 5.98. The van der Waals surface area contributed by atoms with Crippen LogP contribution in [0.1, 0.15) is 5.56 Å². The van der Waals surface area contributed by atoms with Crippen molar-refractivity contribution >= 4 is 17.6 Å². The van der Waals surface area contributed by atoms with Gasteiger partial charge in [-0.3, -0.25) is 14.5 Å². The van der Waals surface area contributed by atoms with Crippen molar-refractivity contribution in [3.05, 3.63) is 42.2 Å². The molecule has 1 aromatic heterocycles. The fourth-order valence-corrected chi connectivity index (χ4v) is 3.03. The molecule has 0 bridgehead atoms. The van der Waals surface area contributed by atoms with Gasteiger partial charge in [0.1, 0.15) is 12.3 Å². The first-order valence-corrected chi connectivity index (χ1v) is 8.49. The van der Waals surface area contributed by atoms with E-state index >= 15 is 0 Å². The second-order valence-electron chi connectivity index (χ2n) is 6.05. The molecule has 1 aliphatic rings. The lowest BCUT2D eigenvalue weighted by Gasteiger charge is -2.35. The molecule has 0 unspecified atom stereocenters. The zero-order valence-electron chi connectivity index (χ0n) is 15.3. The van der Waals surface area contributed by atoms with Gasteiger partial charge in [0.15, 0.2) is 5.96 Å². The Labute approximate surface area is 153 Å². The summed E-state index contributed by atoms with van der Waals surface area (Å²) in [5.74, 6) is 1.56. The van der Waals surface area contributed by atoms with Crippen molar-refractivity contribution in [3.8, 4) is 5.75 Å². The van der Waals surface area contributed by atoms with Crippen molar-refractivity contribution in [2.24, 2.45) is 12.0 Å². The normalized spacial score (nSPS) is 15.3. The monoisotopic (exact) mass is 356 g/mol. The van der Waals surface area contributed by atoms with E-state index in [0.29, 0.717) is 25.6 Å². The molecule has 1 N–H and O–H groups in total. The second kappa shape index (κ2) is 7.90. The number of rotatable bonds is 4. The first kappa shape index (κ1) is 17.8. The van der Waals surface area contributed by atoms with Crippen LogP contribution in [0.4, 0.5) is 5.69 Å². The maximum atomic E-state index is 12.6. The van der Waals surface area contributed by atoms with Crippen LogP contribution < -0.4 is 15.0 Å². The summed E-state index contributed by atoms with van der Waals surface area (Å²) >= 11 is 0. The number of carbonyl (C=O) groups excluding carboxylic acids is 1. The highest BCUT2D eigenvalue weighted by atomic mass is 16.5. The summed E-state index contributed by atoms with van der Waals surface area (Å²) in [6.07, 6.45) is 3.56. The minimum Gasteiger partial charge on any atom is -0.496 e. The standard InChI is InChI=1S/C18H24N6O2/c1-19-18(20-10-14-6-4-5-7-16(14)26-3)23-8-9-24(17(25)13-23)15-11-21-22(2)12-15/h4-7,11-12H,8-10,13H2,1-3H3,(H,19,20). The van der Waals surface area contributed by atoms with Crippen LogP contribution in [0, 0.1) is 0 Å². The van der Waals surface area contributed by atoms with Crippen LogP contribution in [0.5, 0.6) is 5.75 Å². The summed E-state index contributed by atoms with van der Waals surface area (Å²) < 4.78 is 7.07. The van der Waals surface area contributed by atoms with Gasteiger partial charge in [-0.2, -0.15) is 5.10 Å². The number of aliphatic imine (C=N–C) groups is 1. The number of benzene rings is 1. The Bertz CT molecular complexity index is 800. The predicted molar refractivity (Wildman–Crippen MR) is 100 cm³/mol. The molecule has 138 valence electrons. The number of methoxy groups -OCH3 is 1. The van der Waals surface area contributed by atoms with Crippen LogP contribution >= 0.6 is 0 Å². The maximum Gasteiger partial charge on any atom is 0.246 e. The van der Waals surface area contributed by atoms with E-state index in [1.807, 2.05) is 42.4 Å². The lowest BCUT2D eigenvalue weighted by Crippen LogP contribution is -2.55. The third kappa shape index (κ3) is 3.79. The first-order chi connectivity index (χ1) is 12.6. The van der Waals surface area contributed by atoms with E-state index in [2.05, 4.69) is 15.4 Å². The third-order valence-corrected chi connectivity index (χ3v) is 4.36. The number of hydrogen-bond donors (Lipinski definition) is 1. The van der Waals surface area contributed by atoms with E-state index in [9.17, 15) is 4.79 Å². The number of aryl methyl sites for hydroxylation is 1. The lowest BCUT2D eigenvalue weighted by atomic mass is 10.2. The van der Waals surface area contributed by atoms with Gasteiger partial charge in [-0.25, -0.2) is 0 Å². The van der Waals surface area contributed by atoms with Crippen LogP contribution in [0.2, 0.25) is 0 Å². The fraction of sp³-hybridized carbons (Fsp3) is 0.389. The Morgan fingerprint density at radius 1 is 1.35 bits per heavy atom. The summed E-state index contributed by atoms with van der Waals surface area (Å²) in [6.45, 7) is 2.15. The van der Waals surface area contributed by atoms with Gasteiger partial charge < -0.3 is 19.9 Å². The second-order valence-corrected chi connectivity index (χ2v) is 6.05. The molecule has 2 aromatic rings. The van der Waals surface area contributed by atoms with Gasteiger partial charge in [0.05, 0.1) is 19.0 Å². The van der Waals surface area contributed by atoms with Gasteiger partial charge in [0.25, 0.3) is 0 Å². The van der Waals surface area contributed by atoms with Crippen LogP contribution in [0.3, 0.4) is 0 Å². The van der Waals surface area contributed by atoms with Gasteiger partial charge in [0.2, 0.25) is 5.91 Å². The Balaban J connectivity index is 1.62. The van der Waals surface area contributed by atoms with Crippen molar-refractivity contribution in [2.75, 3.05) is 38.7 Å². The summed E-state index contributed by atoms with van der Waals surface area (Å²) in [7, 11) is 5.22. The zero-order chi connectivity index (χ0) is 18.5. The molecule has 0 saturated carbocycles. The summed E-state index contributed by atoms with van der Waals surface area (Å²) in [4.78, 5) is 20.6. The first-order valence-electron chi connectivity index (χ1n) is 8.49. The molecular formula is C18H24N6O2. The lowest BCUT2D eigenvalue weighted by molar-refractivity contribution is -0.120. The number of para-hydroxylation sites is 1. The number of ether oxygens (including phenoxy) is 1. The van der Waals surface area contributed by atoms with Crippen LogP contribution in [0.15, 0.2) is 41.7 Å². The Hall–Kier alpha value is -3.03. The molecular weight excluding hydrogens is 332 g/mol. The van der Waals surface area contributed by atoms with E-state index < -0.39 is 0 Å². The number of hydrogen-bond acceptors (Lipinski definition) is 4. The summed E-state index contributed by atoms with van der Waals surface area (Å²) in [6, 6.07) is 7.84. The maximum absolute atomic E-state index is 12.6. The number of guanidine groups is 1. The number of carbonyl (C=O) groups is 1. The molecule has 2 heterocycles. The van der Waals surface area contributed by atoms with Crippen molar-refractivity contribution in [2.45, 2.75) is 6.54 Å². The molecule has 26 heavy (non-hydrogen) atoms. The highest BCUT2D eigenvalue weighted by Gasteiger charge is 2.27. The quantitative estimate of drug-likeness (QED) is 0.649. The summed E-state index contributed by atoms with van der Waals surface area (Å²) in [5.41, 5.74) is 1.87. The van der Waals surface area contributed by atoms with Crippen LogP contribution in [-0.4, -0.2) is 60.3 Å². The molecule has 3 rings (SSSR count). The number of nitrogens with zero attached hydrogens (tertiary/aromatic N) is 5. The van der Waals surface area contributed by atoms with Gasteiger partial charge in [-0.1, -0.05) is 18.2 Å². The van der Waals surface area contributed by atoms with Crippen LogP contribution in [0.25, 0.3) is 0 Å². The van der Waals surface area contributed by atoms with E-state index in [4.69, 9.17) is 4.74 Å². The molecule has 1 aromatic carbocycles. The van der Waals surface area contributed by atoms with Crippen molar-refractivity contribution in [1.82, 2.24) is 20.0 Å². The molecule has 1 fully saturated rings. The van der Waals surface area contributed by atoms with Gasteiger partial charge in [0, 0.05) is 45.5 Å². The molecule has 8 nitrogen and oxygen atoms in total. The number of amides is 1. The van der Waals surface area contributed by atoms with Gasteiger partial charge in [-0.15, -0.1) is 0 Å². The number of nitrogens with one attached hydrogen (secondary N) is 1. The smallest absolute Gasteiger partial charge is 0.246 e. The van der Waals surface area contributed by atoms with E-state index in [-0.39, 0.29) is 12.5 Å². The number of anilines is 1. The third-order valence-electron chi connectivity index (χ3n) is 4.36. The molecule has 1 aliphatic heterocycles. The summed E-state index contributed by atoms with van der Waals surface area (Å²) in [5, 5.41) is 7.46. The minimum atomic E-state index is 0.0319. The van der Waals surface area contributed by atoms with Gasteiger partial charge >= 0.3 is 0 Å². The highest BCUT2D eigenvalue weighted by Crippen LogP contribution is 2.18. The Kier molecular flexibility index (Phi) is 5.40. The molecule has 0 radical (unpaired) electrons. The molecule has 1 amide bonds. The zero-order valence-corrected chi connectivity index (χ0v) is 15.3. The van der Waals surface area contributed by atoms with Crippen molar-refractivity contribution in [1.29, 1.82) is 0 Å². The fourth-order valence-electron chi connectivity index (χ4n) is 3.03. The average molecular weight is 356 g/mol. The Morgan fingerprint density at radius 2 is 2.15 bits per heavy atom. The number of piperazine rings is 1. The average Bonchev–Trinajstić information content (AvgIpc) is 3.08. The van der Waals surface area contributed by atoms with E-state index in [1.165, 1.54) is 0 Å². The van der Waals surface area contributed by atoms with Crippen LogP contribution in [-0.2, 0) is 18.4 Å². The van der Waals surface area contributed by atoms with E-state index in [0.717, 1.165) is 17.0 Å².